The van der Waals surface area contributed by atoms with Gasteiger partial charge >= 0.3 is 5.97 Å². The highest BCUT2D eigenvalue weighted by Gasteiger charge is 2.33. The lowest BCUT2D eigenvalue weighted by molar-refractivity contribution is -0.141. The van der Waals surface area contributed by atoms with Crippen LogP contribution in [0.5, 0.6) is 0 Å². The number of benzene rings is 1. The third-order valence-corrected chi connectivity index (χ3v) is 3.83. The number of nitrogens with one attached hydrogen (secondary N) is 1. The van der Waals surface area contributed by atoms with Gasteiger partial charge in [-0.25, -0.2) is 4.98 Å². The lowest BCUT2D eigenvalue weighted by Gasteiger charge is -2.26. The summed E-state index contributed by atoms with van der Waals surface area (Å²) < 4.78 is 5.07. The molecule has 1 unspecified atom stereocenters. The highest BCUT2D eigenvalue weighted by Crippen LogP contribution is 2.41. The summed E-state index contributed by atoms with van der Waals surface area (Å²) in [5.41, 5.74) is 1.76. The highest BCUT2D eigenvalue weighted by molar-refractivity contribution is 6.31. The number of ether oxygens (including phenoxy) is 1. The van der Waals surface area contributed by atoms with Crippen LogP contribution in [-0.2, 0) is 9.53 Å². The molecule has 2 aromatic rings. The molecule has 0 spiro atoms. The Morgan fingerprint density at radius 2 is 2.18 bits per heavy atom. The minimum Gasteiger partial charge on any atom is -0.465 e. The van der Waals surface area contributed by atoms with E-state index in [0.29, 0.717) is 11.6 Å². The zero-order valence-electron chi connectivity index (χ0n) is 12.1. The Bertz CT molecular complexity index is 693. The number of halogens is 1. The molecular weight excluding hydrogens is 302 g/mol. The summed E-state index contributed by atoms with van der Waals surface area (Å²) in [7, 11) is 0. The van der Waals surface area contributed by atoms with Crippen molar-refractivity contribution in [3.8, 4) is 0 Å². The molecule has 1 N–H and O–H groups in total. The standard InChI is InChI=1S/C16H16ClN3O2/c1-2-22-14(21)10-20-13-8-5-9-18-15(13)19-16(20)11-6-3-4-7-12(11)17/h3-9,16H,2,10H2,1H3,(H,18,19). The molecule has 5 nitrogen and oxygen atoms in total. The van der Waals surface area contributed by atoms with Crippen molar-refractivity contribution in [3.63, 3.8) is 0 Å². The first-order valence-electron chi connectivity index (χ1n) is 7.09. The molecule has 0 bridgehead atoms. The normalized spacial score (nSPS) is 16.1. The zero-order valence-corrected chi connectivity index (χ0v) is 12.9. The number of rotatable bonds is 4. The molecule has 1 aromatic carbocycles. The summed E-state index contributed by atoms with van der Waals surface area (Å²) in [5, 5.41) is 3.95. The maximum absolute atomic E-state index is 11.9. The van der Waals surface area contributed by atoms with Crippen LogP contribution in [0.1, 0.15) is 18.7 Å². The van der Waals surface area contributed by atoms with Crippen molar-refractivity contribution in [1.29, 1.82) is 0 Å². The molecule has 0 radical (unpaired) electrons. The molecule has 0 amide bonds. The largest absolute Gasteiger partial charge is 0.465 e. The molecule has 0 saturated heterocycles. The first-order chi connectivity index (χ1) is 10.7. The van der Waals surface area contributed by atoms with Crippen LogP contribution in [0.15, 0.2) is 42.6 Å². The monoisotopic (exact) mass is 317 g/mol. The molecule has 1 aliphatic heterocycles. The Balaban J connectivity index is 1.96. The van der Waals surface area contributed by atoms with Gasteiger partial charge in [-0.05, 0) is 25.1 Å². The molecule has 1 aliphatic rings. The first kappa shape index (κ1) is 14.7. The Labute approximate surface area is 133 Å². The van der Waals surface area contributed by atoms with E-state index in [4.69, 9.17) is 16.3 Å². The summed E-state index contributed by atoms with van der Waals surface area (Å²) in [4.78, 5) is 18.2. The predicted octanol–water partition coefficient (Wildman–Crippen LogP) is 3.23. The van der Waals surface area contributed by atoms with Crippen LogP contribution in [0.2, 0.25) is 5.02 Å². The lowest BCUT2D eigenvalue weighted by atomic mass is 10.1. The van der Waals surface area contributed by atoms with Gasteiger partial charge in [0, 0.05) is 16.8 Å². The van der Waals surface area contributed by atoms with Gasteiger partial charge in [0.25, 0.3) is 0 Å². The van der Waals surface area contributed by atoms with Crippen molar-refractivity contribution >= 4 is 29.1 Å². The number of carbonyl (C=O) groups is 1. The minimum absolute atomic E-state index is 0.134. The van der Waals surface area contributed by atoms with Gasteiger partial charge in [0.15, 0.2) is 5.82 Å². The number of carbonyl (C=O) groups excluding carboxylic acids is 1. The number of nitrogens with zero attached hydrogens (tertiary/aromatic N) is 2. The van der Waals surface area contributed by atoms with Gasteiger partial charge < -0.3 is 15.0 Å². The lowest BCUT2D eigenvalue weighted by Crippen LogP contribution is -2.34. The van der Waals surface area contributed by atoms with Crippen LogP contribution in [-0.4, -0.2) is 24.1 Å². The highest BCUT2D eigenvalue weighted by atomic mass is 35.5. The predicted molar refractivity (Wildman–Crippen MR) is 86.0 cm³/mol. The summed E-state index contributed by atoms with van der Waals surface area (Å²) >= 11 is 6.31. The Morgan fingerprint density at radius 3 is 2.95 bits per heavy atom. The Morgan fingerprint density at radius 1 is 1.36 bits per heavy atom. The van der Waals surface area contributed by atoms with Crippen LogP contribution in [0.3, 0.4) is 0 Å². The average Bonchev–Trinajstić information content (AvgIpc) is 2.87. The summed E-state index contributed by atoms with van der Waals surface area (Å²) in [6.07, 6.45) is 1.46. The van der Waals surface area contributed by atoms with Crippen LogP contribution in [0, 0.1) is 0 Å². The van der Waals surface area contributed by atoms with E-state index in [0.717, 1.165) is 17.1 Å². The minimum atomic E-state index is -0.280. The molecule has 22 heavy (non-hydrogen) atoms. The van der Waals surface area contributed by atoms with Gasteiger partial charge in [0.05, 0.1) is 12.3 Å². The fourth-order valence-electron chi connectivity index (χ4n) is 2.55. The van der Waals surface area contributed by atoms with E-state index in [-0.39, 0.29) is 18.7 Å². The second-order valence-electron chi connectivity index (χ2n) is 4.87. The van der Waals surface area contributed by atoms with E-state index < -0.39 is 0 Å². The van der Waals surface area contributed by atoms with Gasteiger partial charge in [-0.1, -0.05) is 29.8 Å². The first-order valence-corrected chi connectivity index (χ1v) is 7.46. The fourth-order valence-corrected chi connectivity index (χ4v) is 2.79. The number of anilines is 2. The van der Waals surface area contributed by atoms with Crippen molar-refractivity contribution in [3.05, 3.63) is 53.2 Å². The van der Waals surface area contributed by atoms with Gasteiger partial charge in [-0.3, -0.25) is 4.79 Å². The number of fused-ring (bicyclic) bond motifs is 1. The maximum Gasteiger partial charge on any atom is 0.325 e. The quantitative estimate of drug-likeness (QED) is 0.877. The maximum atomic E-state index is 11.9. The topological polar surface area (TPSA) is 54.5 Å². The number of hydrogen-bond acceptors (Lipinski definition) is 5. The fraction of sp³-hybridized carbons (Fsp3) is 0.250. The van der Waals surface area contributed by atoms with Crippen LogP contribution in [0.25, 0.3) is 0 Å². The molecule has 114 valence electrons. The third-order valence-electron chi connectivity index (χ3n) is 3.49. The van der Waals surface area contributed by atoms with Crippen LogP contribution in [0.4, 0.5) is 11.5 Å². The third kappa shape index (κ3) is 2.72. The molecular formula is C16H16ClN3O2. The second-order valence-corrected chi connectivity index (χ2v) is 5.28. The number of esters is 1. The van der Waals surface area contributed by atoms with Gasteiger partial charge in [0.2, 0.25) is 0 Å². The van der Waals surface area contributed by atoms with E-state index in [1.807, 2.05) is 41.3 Å². The van der Waals surface area contributed by atoms with Gasteiger partial charge in [-0.15, -0.1) is 0 Å². The molecule has 1 atom stereocenters. The summed E-state index contributed by atoms with van der Waals surface area (Å²) in [6, 6.07) is 11.3. The van der Waals surface area contributed by atoms with E-state index in [1.54, 1.807) is 13.1 Å². The van der Waals surface area contributed by atoms with E-state index >= 15 is 0 Å². The molecule has 3 rings (SSSR count). The van der Waals surface area contributed by atoms with E-state index in [2.05, 4.69) is 10.3 Å². The van der Waals surface area contributed by atoms with Crippen molar-refractivity contribution < 1.29 is 9.53 Å². The summed E-state index contributed by atoms with van der Waals surface area (Å²) in [6.45, 7) is 2.29. The van der Waals surface area contributed by atoms with Gasteiger partial charge in [0.1, 0.15) is 12.7 Å². The molecule has 1 aromatic heterocycles. The second kappa shape index (κ2) is 6.23. The van der Waals surface area contributed by atoms with E-state index in [1.165, 1.54) is 0 Å². The smallest absolute Gasteiger partial charge is 0.325 e. The number of hydrogen-bond donors (Lipinski definition) is 1. The van der Waals surface area contributed by atoms with Crippen molar-refractivity contribution in [2.75, 3.05) is 23.4 Å². The molecule has 6 heteroatoms. The number of pyridine rings is 1. The summed E-state index contributed by atoms with van der Waals surface area (Å²) in [5.74, 6) is 0.453. The molecule has 0 aliphatic carbocycles. The molecule has 2 heterocycles. The van der Waals surface area contributed by atoms with E-state index in [9.17, 15) is 4.79 Å². The average molecular weight is 318 g/mol. The molecule has 0 fully saturated rings. The zero-order chi connectivity index (χ0) is 15.5. The Hall–Kier alpha value is -2.27. The number of aromatic nitrogens is 1. The van der Waals surface area contributed by atoms with Crippen LogP contribution < -0.4 is 10.2 Å². The van der Waals surface area contributed by atoms with Crippen LogP contribution >= 0.6 is 11.6 Å². The van der Waals surface area contributed by atoms with Crippen molar-refractivity contribution in [2.45, 2.75) is 13.1 Å². The SMILES string of the molecule is CCOC(=O)CN1c2cccnc2NC1c1ccccc1Cl. The molecule has 0 saturated carbocycles. The van der Waals surface area contributed by atoms with Crippen molar-refractivity contribution in [1.82, 2.24) is 4.98 Å². The van der Waals surface area contributed by atoms with Crippen molar-refractivity contribution in [2.24, 2.45) is 0 Å². The van der Waals surface area contributed by atoms with Gasteiger partial charge in [-0.2, -0.15) is 0 Å². The Kier molecular flexibility index (Phi) is 4.15.